The zero-order chi connectivity index (χ0) is 19.8. The average molecular weight is 409 g/mol. The van der Waals surface area contributed by atoms with Gasteiger partial charge in [-0.05, 0) is 42.5 Å². The lowest BCUT2D eigenvalue weighted by atomic mass is 10.2. The summed E-state index contributed by atoms with van der Waals surface area (Å²) in [6.07, 6.45) is 0. The Morgan fingerprint density at radius 2 is 1.78 bits per heavy atom. The molecule has 2 rings (SSSR count). The molecule has 0 aliphatic heterocycles. The fourth-order valence-corrected chi connectivity index (χ4v) is 2.15. The number of hydrogen-bond donors (Lipinski definition) is 3. The van der Waals surface area contributed by atoms with Crippen LogP contribution in [0, 0.1) is 10.1 Å². The smallest absolute Gasteiger partial charge is 0.310 e. The predicted octanol–water partition coefficient (Wildman–Crippen LogP) is 1.96. The molecule has 0 radical (unpaired) electrons. The maximum absolute atomic E-state index is 11.9. The van der Waals surface area contributed by atoms with Crippen LogP contribution in [0.2, 0.25) is 5.02 Å². The number of nitro benzene ring substituents is 1. The minimum Gasteiger partial charge on any atom is -0.477 e. The van der Waals surface area contributed by atoms with E-state index in [1.165, 1.54) is 30.3 Å². The highest BCUT2D eigenvalue weighted by Gasteiger charge is 2.15. The van der Waals surface area contributed by atoms with E-state index >= 15 is 0 Å². The van der Waals surface area contributed by atoms with Crippen molar-refractivity contribution in [1.29, 1.82) is 0 Å². The normalized spacial score (nSPS) is 9.81. The number of carbonyl (C=O) groups excluding carboxylic acids is 2. The maximum Gasteiger partial charge on any atom is 0.310 e. The highest BCUT2D eigenvalue weighted by molar-refractivity contribution is 7.80. The molecule has 0 aliphatic carbocycles. The van der Waals surface area contributed by atoms with Gasteiger partial charge in [0.2, 0.25) is 0 Å². The van der Waals surface area contributed by atoms with Gasteiger partial charge in [-0.25, -0.2) is 0 Å². The number of ether oxygens (including phenoxy) is 1. The van der Waals surface area contributed by atoms with Crippen molar-refractivity contribution in [3.05, 3.63) is 69.2 Å². The molecule has 3 N–H and O–H groups in total. The summed E-state index contributed by atoms with van der Waals surface area (Å²) < 4.78 is 5.13. The SMILES string of the molecule is O=C(COc1ccccc1[N+](=O)[O-])NC(=S)NNC(=O)c1ccc(Cl)cc1. The van der Waals surface area contributed by atoms with Crippen molar-refractivity contribution in [3.63, 3.8) is 0 Å². The molecule has 0 atom stereocenters. The molecule has 0 aliphatic rings. The predicted molar refractivity (Wildman–Crippen MR) is 101 cm³/mol. The topological polar surface area (TPSA) is 123 Å². The molecule has 0 unspecified atom stereocenters. The molecule has 0 saturated heterocycles. The molecule has 0 spiro atoms. The van der Waals surface area contributed by atoms with E-state index < -0.39 is 23.3 Å². The van der Waals surface area contributed by atoms with Gasteiger partial charge in [-0.15, -0.1) is 0 Å². The minimum atomic E-state index is -0.661. The van der Waals surface area contributed by atoms with Crippen LogP contribution in [-0.4, -0.2) is 28.5 Å². The monoisotopic (exact) mass is 408 g/mol. The summed E-state index contributed by atoms with van der Waals surface area (Å²) in [6.45, 7) is -0.502. The van der Waals surface area contributed by atoms with Crippen LogP contribution in [0.5, 0.6) is 5.75 Å². The van der Waals surface area contributed by atoms with E-state index in [0.29, 0.717) is 10.6 Å². The molecule has 0 fully saturated rings. The first-order valence-corrected chi connectivity index (χ1v) is 8.17. The van der Waals surface area contributed by atoms with Crippen LogP contribution < -0.4 is 20.9 Å². The molecule has 0 bridgehead atoms. The van der Waals surface area contributed by atoms with Crippen LogP contribution in [0.1, 0.15) is 10.4 Å². The Kier molecular flexibility index (Phi) is 7.03. The lowest BCUT2D eigenvalue weighted by Crippen LogP contribution is -2.49. The molecule has 2 aromatic rings. The molecule has 0 saturated carbocycles. The third-order valence-electron chi connectivity index (χ3n) is 3.07. The Labute approximate surface area is 163 Å². The van der Waals surface area contributed by atoms with Crippen molar-refractivity contribution >= 4 is 46.4 Å². The first kappa shape index (κ1) is 20.1. The largest absolute Gasteiger partial charge is 0.477 e. The zero-order valence-corrected chi connectivity index (χ0v) is 15.2. The number of hydrazine groups is 1. The van der Waals surface area contributed by atoms with E-state index in [-0.39, 0.29) is 16.5 Å². The number of nitrogens with zero attached hydrogens (tertiary/aromatic N) is 1. The minimum absolute atomic E-state index is 0.0485. The van der Waals surface area contributed by atoms with Gasteiger partial charge < -0.3 is 4.74 Å². The van der Waals surface area contributed by atoms with Crippen LogP contribution in [0.4, 0.5) is 5.69 Å². The molecule has 0 heterocycles. The highest BCUT2D eigenvalue weighted by Crippen LogP contribution is 2.25. The molecular formula is C16H13ClN4O5S. The molecule has 9 nitrogen and oxygen atoms in total. The molecule has 2 amide bonds. The lowest BCUT2D eigenvalue weighted by molar-refractivity contribution is -0.385. The van der Waals surface area contributed by atoms with Gasteiger partial charge >= 0.3 is 5.69 Å². The molecule has 140 valence electrons. The van der Waals surface area contributed by atoms with Crippen molar-refractivity contribution in [1.82, 2.24) is 16.2 Å². The van der Waals surface area contributed by atoms with Crippen molar-refractivity contribution in [2.75, 3.05) is 6.61 Å². The summed E-state index contributed by atoms with van der Waals surface area (Å²) in [5, 5.41) is 13.5. The van der Waals surface area contributed by atoms with Gasteiger partial charge in [0.05, 0.1) is 4.92 Å². The van der Waals surface area contributed by atoms with Crippen LogP contribution >= 0.6 is 23.8 Å². The summed E-state index contributed by atoms with van der Waals surface area (Å²) in [5.41, 5.74) is 4.73. The third kappa shape index (κ3) is 6.20. The van der Waals surface area contributed by atoms with E-state index in [2.05, 4.69) is 16.2 Å². The third-order valence-corrected chi connectivity index (χ3v) is 3.53. The van der Waals surface area contributed by atoms with E-state index in [0.717, 1.165) is 0 Å². The lowest BCUT2D eigenvalue weighted by Gasteiger charge is -2.11. The number of carbonyl (C=O) groups is 2. The number of halogens is 1. The van der Waals surface area contributed by atoms with Crippen LogP contribution in [0.25, 0.3) is 0 Å². The second kappa shape index (κ2) is 9.46. The molecule has 27 heavy (non-hydrogen) atoms. The Morgan fingerprint density at radius 1 is 1.11 bits per heavy atom. The summed E-state index contributed by atoms with van der Waals surface area (Å²) in [7, 11) is 0. The van der Waals surface area contributed by atoms with Gasteiger partial charge in [-0.1, -0.05) is 23.7 Å². The van der Waals surface area contributed by atoms with Gasteiger partial charge in [0, 0.05) is 16.7 Å². The summed E-state index contributed by atoms with van der Waals surface area (Å²) >= 11 is 10.6. The maximum atomic E-state index is 11.9. The van der Waals surface area contributed by atoms with Crippen molar-refractivity contribution < 1.29 is 19.2 Å². The van der Waals surface area contributed by atoms with Crippen molar-refractivity contribution in [3.8, 4) is 5.75 Å². The second-order valence-corrected chi connectivity index (χ2v) is 5.82. The second-order valence-electron chi connectivity index (χ2n) is 4.98. The molecular weight excluding hydrogens is 396 g/mol. The van der Waals surface area contributed by atoms with E-state index in [1.54, 1.807) is 18.2 Å². The first-order valence-electron chi connectivity index (χ1n) is 7.39. The van der Waals surface area contributed by atoms with Gasteiger partial charge in [-0.2, -0.15) is 0 Å². The van der Waals surface area contributed by atoms with Crippen LogP contribution in [-0.2, 0) is 4.79 Å². The Hall–Kier alpha value is -3.24. The summed E-state index contributed by atoms with van der Waals surface area (Å²) in [5.74, 6) is -1.20. The standard InChI is InChI=1S/C16H13ClN4O5S/c17-11-7-5-10(6-8-11)15(23)19-20-16(27)18-14(22)9-26-13-4-2-1-3-12(13)21(24)25/h1-8H,9H2,(H,19,23)(H2,18,20,22,27). The summed E-state index contributed by atoms with van der Waals surface area (Å²) in [4.78, 5) is 33.9. The number of amides is 2. The Bertz CT molecular complexity index is 875. The number of benzene rings is 2. The number of nitrogens with one attached hydrogen (secondary N) is 3. The molecule has 2 aromatic carbocycles. The van der Waals surface area contributed by atoms with Gasteiger partial charge in [0.1, 0.15) is 0 Å². The van der Waals surface area contributed by atoms with Crippen LogP contribution in [0.3, 0.4) is 0 Å². The quantitative estimate of drug-likeness (QED) is 0.392. The number of hydrogen-bond acceptors (Lipinski definition) is 6. The van der Waals surface area contributed by atoms with Gasteiger partial charge in [-0.3, -0.25) is 35.9 Å². The van der Waals surface area contributed by atoms with E-state index in [4.69, 9.17) is 28.6 Å². The van der Waals surface area contributed by atoms with Gasteiger partial charge in [0.25, 0.3) is 11.8 Å². The molecule has 11 heteroatoms. The highest BCUT2D eigenvalue weighted by atomic mass is 35.5. The molecule has 0 aromatic heterocycles. The fourth-order valence-electron chi connectivity index (χ4n) is 1.85. The first-order chi connectivity index (χ1) is 12.9. The van der Waals surface area contributed by atoms with Gasteiger partial charge in [0.15, 0.2) is 17.5 Å². The number of para-hydroxylation sites is 2. The fraction of sp³-hybridized carbons (Fsp3) is 0.0625. The summed E-state index contributed by atoms with van der Waals surface area (Å²) in [6, 6.07) is 11.8. The van der Waals surface area contributed by atoms with Crippen LogP contribution in [0.15, 0.2) is 48.5 Å². The van der Waals surface area contributed by atoms with Crippen molar-refractivity contribution in [2.24, 2.45) is 0 Å². The van der Waals surface area contributed by atoms with E-state index in [1.807, 2.05) is 0 Å². The Balaban J connectivity index is 1.79. The Morgan fingerprint density at radius 3 is 2.44 bits per heavy atom. The van der Waals surface area contributed by atoms with Crippen molar-refractivity contribution in [2.45, 2.75) is 0 Å². The number of thiocarbonyl (C=S) groups is 1. The average Bonchev–Trinajstić information content (AvgIpc) is 2.65. The number of nitro groups is 1. The van der Waals surface area contributed by atoms with E-state index in [9.17, 15) is 19.7 Å². The zero-order valence-electron chi connectivity index (χ0n) is 13.6. The number of rotatable bonds is 5.